The van der Waals surface area contributed by atoms with E-state index < -0.39 is 0 Å². The fourth-order valence-corrected chi connectivity index (χ4v) is 4.15. The molecule has 2 saturated carbocycles. The van der Waals surface area contributed by atoms with Crippen LogP contribution >= 0.6 is 0 Å². The highest BCUT2D eigenvalue weighted by Crippen LogP contribution is 2.65. The molecular weight excluding hydrogens is 258 g/mol. The third-order valence-corrected chi connectivity index (χ3v) is 6.15. The lowest BCUT2D eigenvalue weighted by atomic mass is 9.70. The summed E-state index contributed by atoms with van der Waals surface area (Å²) in [6.07, 6.45) is 4.17. The number of benzene rings is 1. The molecular formula is C19H25NO. The van der Waals surface area contributed by atoms with Crippen molar-refractivity contribution >= 4 is 5.78 Å². The van der Waals surface area contributed by atoms with Crippen LogP contribution in [0, 0.1) is 16.7 Å². The number of Topliss-reactive ketones (excluding diaryl/α,β-unsaturated/α-hetero) is 1. The van der Waals surface area contributed by atoms with Crippen LogP contribution in [0.15, 0.2) is 42.1 Å². The molecule has 1 aromatic rings. The van der Waals surface area contributed by atoms with Crippen LogP contribution in [-0.4, -0.2) is 5.78 Å². The van der Waals surface area contributed by atoms with Crippen LogP contribution in [0.2, 0.25) is 0 Å². The molecule has 2 aliphatic rings. The van der Waals surface area contributed by atoms with Gasteiger partial charge in [0.05, 0.1) is 0 Å². The second kappa shape index (κ2) is 4.72. The Morgan fingerprint density at radius 2 is 1.90 bits per heavy atom. The lowest BCUT2D eigenvalue weighted by molar-refractivity contribution is -0.125. The van der Waals surface area contributed by atoms with Crippen LogP contribution in [0.4, 0.5) is 0 Å². The Labute approximate surface area is 127 Å². The number of hydrogen-bond acceptors (Lipinski definition) is 2. The van der Waals surface area contributed by atoms with Crippen LogP contribution in [0.25, 0.3) is 0 Å². The quantitative estimate of drug-likeness (QED) is 0.840. The molecule has 2 nitrogen and oxygen atoms in total. The van der Waals surface area contributed by atoms with E-state index in [1.807, 2.05) is 24.4 Å². The summed E-state index contributed by atoms with van der Waals surface area (Å²) in [5.41, 5.74) is 2.18. The van der Waals surface area contributed by atoms with Gasteiger partial charge in [-0.05, 0) is 36.7 Å². The van der Waals surface area contributed by atoms with Gasteiger partial charge in [0.2, 0.25) is 0 Å². The molecule has 21 heavy (non-hydrogen) atoms. The number of ketones is 1. The molecule has 0 amide bonds. The van der Waals surface area contributed by atoms with Crippen molar-refractivity contribution in [3.05, 3.63) is 47.7 Å². The summed E-state index contributed by atoms with van der Waals surface area (Å²) in [5.74, 6) is 0.766. The first-order chi connectivity index (χ1) is 9.88. The van der Waals surface area contributed by atoms with Gasteiger partial charge in [-0.25, -0.2) is 0 Å². The lowest BCUT2D eigenvalue weighted by Gasteiger charge is -2.31. The second-order valence-electron chi connectivity index (χ2n) is 7.37. The number of hydrogen-bond donors (Lipinski definition) is 1. The predicted molar refractivity (Wildman–Crippen MR) is 85.7 cm³/mol. The van der Waals surface area contributed by atoms with E-state index in [1.165, 1.54) is 5.56 Å². The lowest BCUT2D eigenvalue weighted by Crippen LogP contribution is -2.32. The third-order valence-electron chi connectivity index (χ3n) is 6.15. The fraction of sp³-hybridized carbons (Fsp3) is 0.526. The van der Waals surface area contributed by atoms with E-state index in [4.69, 9.17) is 0 Å². The zero-order valence-corrected chi connectivity index (χ0v) is 13.4. The minimum atomic E-state index is -0.166. The van der Waals surface area contributed by atoms with Crippen molar-refractivity contribution in [1.82, 2.24) is 5.32 Å². The van der Waals surface area contributed by atoms with Gasteiger partial charge in [-0.2, -0.15) is 0 Å². The zero-order chi connectivity index (χ0) is 15.3. The van der Waals surface area contributed by atoms with Crippen LogP contribution in [-0.2, 0) is 4.79 Å². The maximum Gasteiger partial charge on any atom is 0.167 e. The summed E-state index contributed by atoms with van der Waals surface area (Å²) in [6, 6.07) is 10.6. The van der Waals surface area contributed by atoms with Crippen molar-refractivity contribution in [2.24, 2.45) is 16.7 Å². The third kappa shape index (κ3) is 1.96. The van der Waals surface area contributed by atoms with Gasteiger partial charge in [0, 0.05) is 23.2 Å². The topological polar surface area (TPSA) is 29.1 Å². The standard InChI is InChI=1S/C19H25NO/c1-13(14-8-6-5-7-9-14)20-12-15-16-10-11-19(4,17(15)21)18(16,2)3/h5-9,12-13,16,20H,10-11H2,1-4H3/b15-12-/t13-,16+,19-/m1/s1. The molecule has 2 fully saturated rings. The first-order valence-corrected chi connectivity index (χ1v) is 7.94. The van der Waals surface area contributed by atoms with E-state index in [0.717, 1.165) is 18.4 Å². The van der Waals surface area contributed by atoms with E-state index in [0.29, 0.717) is 11.7 Å². The molecule has 0 heterocycles. The van der Waals surface area contributed by atoms with E-state index in [9.17, 15) is 4.79 Å². The summed E-state index contributed by atoms with van der Waals surface area (Å²) in [7, 11) is 0. The van der Waals surface area contributed by atoms with Crippen LogP contribution in [0.5, 0.6) is 0 Å². The number of rotatable bonds is 3. The molecule has 0 spiro atoms. The van der Waals surface area contributed by atoms with Gasteiger partial charge in [-0.15, -0.1) is 0 Å². The number of carbonyl (C=O) groups excluding carboxylic acids is 1. The van der Waals surface area contributed by atoms with E-state index in [-0.39, 0.29) is 16.9 Å². The average molecular weight is 283 g/mol. The first kappa shape index (κ1) is 14.4. The summed E-state index contributed by atoms with van der Waals surface area (Å²) in [4.78, 5) is 12.7. The summed E-state index contributed by atoms with van der Waals surface area (Å²) >= 11 is 0. The van der Waals surface area contributed by atoms with Gasteiger partial charge in [-0.3, -0.25) is 4.79 Å². The van der Waals surface area contributed by atoms with Gasteiger partial charge in [-0.1, -0.05) is 51.1 Å². The molecule has 3 atom stereocenters. The SMILES string of the molecule is C[C@@H](N/C=C1\C(=O)[C@@]2(C)CC[C@@H]1C2(C)C)c1ccccc1. The molecule has 1 N–H and O–H groups in total. The molecule has 1 aromatic carbocycles. The Morgan fingerprint density at radius 3 is 2.48 bits per heavy atom. The Hall–Kier alpha value is -1.57. The molecule has 0 saturated heterocycles. The maximum atomic E-state index is 12.7. The van der Waals surface area contributed by atoms with Crippen LogP contribution in [0.3, 0.4) is 0 Å². The highest BCUT2D eigenvalue weighted by Gasteiger charge is 2.63. The van der Waals surface area contributed by atoms with Crippen molar-refractivity contribution < 1.29 is 4.79 Å². The molecule has 3 rings (SSSR count). The van der Waals surface area contributed by atoms with Crippen molar-refractivity contribution in [2.75, 3.05) is 0 Å². The smallest absolute Gasteiger partial charge is 0.167 e. The monoisotopic (exact) mass is 283 g/mol. The number of carbonyl (C=O) groups is 1. The Kier molecular flexibility index (Phi) is 3.23. The number of nitrogens with one attached hydrogen (secondary N) is 1. The summed E-state index contributed by atoms with van der Waals surface area (Å²) in [6.45, 7) is 8.79. The second-order valence-corrected chi connectivity index (χ2v) is 7.37. The minimum Gasteiger partial charge on any atom is -0.384 e. The molecule has 2 aliphatic carbocycles. The van der Waals surface area contributed by atoms with E-state index in [1.54, 1.807) is 0 Å². The van der Waals surface area contributed by atoms with Crippen molar-refractivity contribution in [3.63, 3.8) is 0 Å². The molecule has 0 aromatic heterocycles. The van der Waals surface area contributed by atoms with Crippen molar-refractivity contribution in [3.8, 4) is 0 Å². The minimum absolute atomic E-state index is 0.0909. The number of fused-ring (bicyclic) bond motifs is 2. The zero-order valence-electron chi connectivity index (χ0n) is 13.4. The van der Waals surface area contributed by atoms with Crippen molar-refractivity contribution in [1.29, 1.82) is 0 Å². The summed E-state index contributed by atoms with van der Waals surface area (Å²) < 4.78 is 0. The molecule has 0 unspecified atom stereocenters. The van der Waals surface area contributed by atoms with Gasteiger partial charge in [0.15, 0.2) is 5.78 Å². The molecule has 112 valence electrons. The van der Waals surface area contributed by atoms with Crippen LogP contribution < -0.4 is 5.32 Å². The van der Waals surface area contributed by atoms with Gasteiger partial charge < -0.3 is 5.32 Å². The van der Waals surface area contributed by atoms with Gasteiger partial charge in [0.1, 0.15) is 0 Å². The average Bonchev–Trinajstić information content (AvgIpc) is 2.78. The van der Waals surface area contributed by atoms with Crippen LogP contribution in [0.1, 0.15) is 52.1 Å². The normalized spacial score (nSPS) is 33.4. The van der Waals surface area contributed by atoms with Gasteiger partial charge in [0.25, 0.3) is 0 Å². The fourth-order valence-electron chi connectivity index (χ4n) is 4.15. The Morgan fingerprint density at radius 1 is 1.24 bits per heavy atom. The Bertz CT molecular complexity index is 587. The highest BCUT2D eigenvalue weighted by molar-refractivity contribution is 6.04. The van der Waals surface area contributed by atoms with Gasteiger partial charge >= 0.3 is 0 Å². The number of allylic oxidation sites excluding steroid dienone is 1. The Balaban J connectivity index is 1.81. The van der Waals surface area contributed by atoms with E-state index >= 15 is 0 Å². The van der Waals surface area contributed by atoms with Crippen molar-refractivity contribution in [2.45, 2.75) is 46.6 Å². The first-order valence-electron chi connectivity index (χ1n) is 7.94. The molecule has 2 heteroatoms. The molecule has 0 aliphatic heterocycles. The molecule has 0 radical (unpaired) electrons. The van der Waals surface area contributed by atoms with E-state index in [2.05, 4.69) is 45.1 Å². The molecule has 2 bridgehead atoms. The maximum absolute atomic E-state index is 12.7. The predicted octanol–water partition coefficient (Wildman–Crippen LogP) is 4.25. The highest BCUT2D eigenvalue weighted by atomic mass is 16.1. The summed E-state index contributed by atoms with van der Waals surface area (Å²) in [5, 5.41) is 3.43. The largest absolute Gasteiger partial charge is 0.384 e.